The smallest absolute Gasteiger partial charge is 0.337 e. The quantitative estimate of drug-likeness (QED) is 0.0771. The van der Waals surface area contributed by atoms with Gasteiger partial charge in [0.05, 0.1) is 48.3 Å². The maximum absolute atomic E-state index is 11.7. The third-order valence-corrected chi connectivity index (χ3v) is 9.83. The fourth-order valence-electron chi connectivity index (χ4n) is 7.10. The lowest BCUT2D eigenvalue weighted by atomic mass is 10.00. The molecule has 8 atom stereocenters. The summed E-state index contributed by atoms with van der Waals surface area (Å²) in [5.74, 6) is -0.374. The van der Waals surface area contributed by atoms with Gasteiger partial charge in [0.15, 0.2) is 0 Å². The molecule has 3 N–H and O–H groups in total. The van der Waals surface area contributed by atoms with Crippen molar-refractivity contribution >= 4 is 5.97 Å². The summed E-state index contributed by atoms with van der Waals surface area (Å²) in [5.41, 5.74) is 0.424. The van der Waals surface area contributed by atoms with Gasteiger partial charge in [0, 0.05) is 0 Å². The van der Waals surface area contributed by atoms with Crippen molar-refractivity contribution < 1.29 is 34.3 Å². The van der Waals surface area contributed by atoms with Crippen molar-refractivity contribution in [3.63, 3.8) is 0 Å². The van der Waals surface area contributed by atoms with Gasteiger partial charge in [-0.3, -0.25) is 0 Å². The zero-order valence-electron chi connectivity index (χ0n) is 27.4. The Kier molecular flexibility index (Phi) is 17.8. The van der Waals surface area contributed by atoms with Crippen molar-refractivity contribution in [2.45, 2.75) is 210 Å². The molecule has 2 fully saturated rings. The Balaban J connectivity index is 1.14. The van der Waals surface area contributed by atoms with Crippen LogP contribution in [0, 0.1) is 0 Å². The Labute approximate surface area is 262 Å². The van der Waals surface area contributed by atoms with E-state index in [1.807, 2.05) is 6.92 Å². The van der Waals surface area contributed by atoms with Gasteiger partial charge in [0.25, 0.3) is 0 Å². The van der Waals surface area contributed by atoms with Gasteiger partial charge in [-0.2, -0.15) is 0 Å². The maximum atomic E-state index is 11.7. The van der Waals surface area contributed by atoms with Crippen molar-refractivity contribution in [1.29, 1.82) is 0 Å². The van der Waals surface area contributed by atoms with Gasteiger partial charge >= 0.3 is 5.97 Å². The first-order valence-electron chi connectivity index (χ1n) is 18.2. The number of aliphatic hydroxyl groups is 3. The summed E-state index contributed by atoms with van der Waals surface area (Å²) in [6, 6.07) is 0. The van der Waals surface area contributed by atoms with Crippen LogP contribution in [0.3, 0.4) is 0 Å². The molecular weight excluding hydrogens is 544 g/mol. The van der Waals surface area contributed by atoms with E-state index < -0.39 is 12.2 Å². The van der Waals surface area contributed by atoms with Crippen LogP contribution in [-0.4, -0.2) is 70.1 Å². The molecule has 0 aromatic carbocycles. The molecule has 0 aromatic heterocycles. The number of esters is 1. The molecule has 3 rings (SSSR count). The molecule has 0 unspecified atom stereocenters. The largest absolute Gasteiger partial charge is 0.455 e. The topological polar surface area (TPSA) is 105 Å². The molecule has 0 radical (unpaired) electrons. The van der Waals surface area contributed by atoms with Crippen molar-refractivity contribution in [3.8, 4) is 0 Å². The average molecular weight is 609 g/mol. The Bertz CT molecular complexity index is 786. The summed E-state index contributed by atoms with van der Waals surface area (Å²) in [4.78, 5) is 11.7. The van der Waals surface area contributed by atoms with Crippen molar-refractivity contribution in [2.75, 3.05) is 0 Å². The fraction of sp³-hybridized carbons (Fsp3) is 0.917. The highest BCUT2D eigenvalue weighted by molar-refractivity contribution is 5.91. The molecule has 2 saturated heterocycles. The lowest BCUT2D eigenvalue weighted by molar-refractivity contribution is -0.139. The van der Waals surface area contributed by atoms with E-state index >= 15 is 0 Å². The van der Waals surface area contributed by atoms with Crippen LogP contribution in [0.5, 0.6) is 0 Å². The van der Waals surface area contributed by atoms with Gasteiger partial charge in [0.1, 0.15) is 6.10 Å². The highest BCUT2D eigenvalue weighted by atomic mass is 16.6. The molecule has 0 saturated carbocycles. The summed E-state index contributed by atoms with van der Waals surface area (Å²) in [5, 5.41) is 31.6. The van der Waals surface area contributed by atoms with E-state index in [0.29, 0.717) is 12.0 Å². The van der Waals surface area contributed by atoms with Gasteiger partial charge in [-0.25, -0.2) is 4.79 Å². The summed E-state index contributed by atoms with van der Waals surface area (Å²) >= 11 is 0. The van der Waals surface area contributed by atoms with Gasteiger partial charge in [-0.05, 0) is 57.9 Å². The first kappa shape index (κ1) is 36.5. The molecule has 7 heteroatoms. The van der Waals surface area contributed by atoms with Crippen molar-refractivity contribution in [2.24, 2.45) is 0 Å². The Hall–Kier alpha value is -0.990. The molecule has 43 heavy (non-hydrogen) atoms. The molecule has 0 amide bonds. The summed E-state index contributed by atoms with van der Waals surface area (Å²) in [6.07, 6.45) is 25.0. The number of carbonyl (C=O) groups is 1. The maximum Gasteiger partial charge on any atom is 0.337 e. The van der Waals surface area contributed by atoms with Gasteiger partial charge in [-0.1, -0.05) is 110 Å². The molecule has 3 heterocycles. The van der Waals surface area contributed by atoms with Crippen LogP contribution < -0.4 is 0 Å². The predicted octanol–water partition coefficient (Wildman–Crippen LogP) is 7.47. The van der Waals surface area contributed by atoms with Crippen LogP contribution in [0.25, 0.3) is 0 Å². The first-order chi connectivity index (χ1) is 20.9. The number of unbranched alkanes of at least 4 members (excludes halogenated alkanes) is 14. The average Bonchev–Trinajstić information content (AvgIpc) is 3.75. The van der Waals surface area contributed by atoms with Gasteiger partial charge in [0.2, 0.25) is 0 Å². The first-order valence-corrected chi connectivity index (χ1v) is 18.2. The number of ether oxygens (including phenoxy) is 3. The predicted molar refractivity (Wildman–Crippen MR) is 171 cm³/mol. The molecule has 0 aliphatic carbocycles. The normalized spacial score (nSPS) is 27.8. The molecule has 3 aliphatic heterocycles. The number of hydrogen-bond acceptors (Lipinski definition) is 7. The molecule has 0 bridgehead atoms. The lowest BCUT2D eigenvalue weighted by Gasteiger charge is -2.24. The number of aliphatic hydroxyl groups excluding tert-OH is 3. The Morgan fingerprint density at radius 3 is 1.49 bits per heavy atom. The number of hydrogen-bond donors (Lipinski definition) is 3. The molecule has 0 spiro atoms. The molecule has 3 aliphatic rings. The van der Waals surface area contributed by atoms with Gasteiger partial charge < -0.3 is 29.5 Å². The van der Waals surface area contributed by atoms with Crippen LogP contribution in [0.4, 0.5) is 0 Å². The summed E-state index contributed by atoms with van der Waals surface area (Å²) in [7, 11) is 0. The van der Waals surface area contributed by atoms with E-state index in [9.17, 15) is 20.1 Å². The SMILES string of the molecule is CCCCCCCCCC[C@H](O)[C@H]1CC[C@H]([C@H]2CC[C@H]([C@H](O)CCCCCCCCCC[C@@H](O)C3=C[C@H](C)OC3=O)O2)O1. The minimum absolute atomic E-state index is 0.0494. The zero-order valence-corrected chi connectivity index (χ0v) is 27.4. The van der Waals surface area contributed by atoms with Crippen LogP contribution in [-0.2, 0) is 19.0 Å². The zero-order chi connectivity index (χ0) is 30.9. The minimum Gasteiger partial charge on any atom is -0.455 e. The summed E-state index contributed by atoms with van der Waals surface area (Å²) in [6.45, 7) is 4.06. The van der Waals surface area contributed by atoms with Crippen LogP contribution in [0.15, 0.2) is 11.6 Å². The second-order valence-electron chi connectivity index (χ2n) is 13.6. The number of cyclic esters (lactones) is 1. The van der Waals surface area contributed by atoms with Crippen LogP contribution in [0.1, 0.15) is 162 Å². The second kappa shape index (κ2) is 20.9. The third-order valence-electron chi connectivity index (χ3n) is 9.83. The fourth-order valence-corrected chi connectivity index (χ4v) is 7.10. The Morgan fingerprint density at radius 2 is 1.07 bits per heavy atom. The number of carbonyl (C=O) groups excluding carboxylic acids is 1. The molecule has 250 valence electrons. The van der Waals surface area contributed by atoms with E-state index in [0.717, 1.165) is 77.0 Å². The second-order valence-corrected chi connectivity index (χ2v) is 13.6. The van der Waals surface area contributed by atoms with E-state index in [1.54, 1.807) is 6.08 Å². The Morgan fingerprint density at radius 1 is 0.651 bits per heavy atom. The highest BCUT2D eigenvalue weighted by Crippen LogP contribution is 2.34. The monoisotopic (exact) mass is 608 g/mol. The van der Waals surface area contributed by atoms with Crippen molar-refractivity contribution in [3.05, 3.63) is 11.6 Å². The standard InChI is InChI=1S/C36H64O7/c1-3-4-5-6-7-10-14-17-20-30(38)32-22-24-34(42-32)35-25-23-33(43-35)31(39)21-18-15-12-9-8-11-13-16-19-29(37)28-26-27(2)41-36(28)40/h26-27,29-35,37-39H,3-25H2,1-2H3/t27-,29+,30-,31+,32+,33+,34+,35+/m0/s1. The summed E-state index contributed by atoms with van der Waals surface area (Å²) < 4.78 is 17.6. The van der Waals surface area contributed by atoms with E-state index in [1.165, 1.54) is 64.2 Å². The molecule has 7 nitrogen and oxygen atoms in total. The molecular formula is C36H64O7. The van der Waals surface area contributed by atoms with E-state index in [4.69, 9.17) is 14.2 Å². The van der Waals surface area contributed by atoms with Crippen LogP contribution >= 0.6 is 0 Å². The molecule has 0 aromatic rings. The third kappa shape index (κ3) is 13.5. The van der Waals surface area contributed by atoms with Gasteiger partial charge in [-0.15, -0.1) is 0 Å². The minimum atomic E-state index is -0.701. The number of rotatable bonds is 24. The van der Waals surface area contributed by atoms with Crippen molar-refractivity contribution in [1.82, 2.24) is 0 Å². The van der Waals surface area contributed by atoms with E-state index in [2.05, 4.69) is 6.92 Å². The highest BCUT2D eigenvalue weighted by Gasteiger charge is 2.40. The van der Waals surface area contributed by atoms with Crippen LogP contribution in [0.2, 0.25) is 0 Å². The lowest BCUT2D eigenvalue weighted by Crippen LogP contribution is -2.33. The van der Waals surface area contributed by atoms with E-state index in [-0.39, 0.29) is 42.6 Å².